The summed E-state index contributed by atoms with van der Waals surface area (Å²) in [6.45, 7) is 5.52. The van der Waals surface area contributed by atoms with Crippen molar-refractivity contribution in [2.75, 3.05) is 18.5 Å². The standard InChI is InChI=1S/C13H19BrN2S/c1-4-9(2)8-16(3)10-5-6-11(13(15)17)12(14)7-10/h5-7,9H,4,8H2,1-3H3,(H2,15,17). The minimum atomic E-state index is 0.424. The number of nitrogens with two attached hydrogens (primary N) is 1. The largest absolute Gasteiger partial charge is 0.389 e. The maximum absolute atomic E-state index is 5.63. The summed E-state index contributed by atoms with van der Waals surface area (Å²) in [7, 11) is 2.11. The molecule has 0 aliphatic rings. The third-order valence-corrected chi connectivity index (χ3v) is 3.82. The first-order valence-electron chi connectivity index (χ1n) is 5.76. The molecule has 1 unspecified atom stereocenters. The normalized spacial score (nSPS) is 12.2. The molecular weight excluding hydrogens is 296 g/mol. The summed E-state index contributed by atoms with van der Waals surface area (Å²) in [6, 6.07) is 6.09. The highest BCUT2D eigenvalue weighted by Crippen LogP contribution is 2.24. The third-order valence-electron chi connectivity index (χ3n) is 2.94. The van der Waals surface area contributed by atoms with Crippen LogP contribution in [0.4, 0.5) is 5.69 Å². The van der Waals surface area contributed by atoms with E-state index in [9.17, 15) is 0 Å². The lowest BCUT2D eigenvalue weighted by molar-refractivity contribution is 0.560. The number of hydrogen-bond acceptors (Lipinski definition) is 2. The molecule has 0 heterocycles. The number of halogens is 1. The Labute approximate surface area is 117 Å². The first-order valence-corrected chi connectivity index (χ1v) is 6.96. The van der Waals surface area contributed by atoms with Crippen molar-refractivity contribution in [1.29, 1.82) is 0 Å². The molecule has 1 atom stereocenters. The van der Waals surface area contributed by atoms with Crippen molar-refractivity contribution < 1.29 is 0 Å². The number of rotatable bonds is 5. The second-order valence-corrected chi connectivity index (χ2v) is 5.72. The molecule has 94 valence electrons. The van der Waals surface area contributed by atoms with Crippen LogP contribution in [0.5, 0.6) is 0 Å². The van der Waals surface area contributed by atoms with Gasteiger partial charge in [0.05, 0.1) is 0 Å². The van der Waals surface area contributed by atoms with E-state index in [0.29, 0.717) is 10.9 Å². The topological polar surface area (TPSA) is 29.3 Å². The summed E-state index contributed by atoms with van der Waals surface area (Å²) in [5.74, 6) is 0.689. The van der Waals surface area contributed by atoms with Gasteiger partial charge in [0.2, 0.25) is 0 Å². The Hall–Kier alpha value is -0.610. The molecule has 0 bridgehead atoms. The SMILES string of the molecule is CCC(C)CN(C)c1ccc(C(N)=S)c(Br)c1. The maximum Gasteiger partial charge on any atom is 0.105 e. The zero-order valence-electron chi connectivity index (χ0n) is 10.5. The van der Waals surface area contributed by atoms with Gasteiger partial charge in [-0.2, -0.15) is 0 Å². The smallest absolute Gasteiger partial charge is 0.105 e. The fourth-order valence-electron chi connectivity index (χ4n) is 1.64. The fraction of sp³-hybridized carbons (Fsp3) is 0.462. The Balaban J connectivity index is 2.86. The molecule has 0 radical (unpaired) electrons. The van der Waals surface area contributed by atoms with E-state index in [-0.39, 0.29) is 0 Å². The van der Waals surface area contributed by atoms with E-state index in [1.54, 1.807) is 0 Å². The van der Waals surface area contributed by atoms with Crippen molar-refractivity contribution in [2.24, 2.45) is 11.7 Å². The van der Waals surface area contributed by atoms with Crippen LogP contribution in [0, 0.1) is 5.92 Å². The van der Waals surface area contributed by atoms with Gasteiger partial charge in [-0.25, -0.2) is 0 Å². The van der Waals surface area contributed by atoms with Crippen LogP contribution in [0.3, 0.4) is 0 Å². The summed E-state index contributed by atoms with van der Waals surface area (Å²) < 4.78 is 0.957. The van der Waals surface area contributed by atoms with Gasteiger partial charge in [-0.1, -0.05) is 32.5 Å². The quantitative estimate of drug-likeness (QED) is 0.842. The zero-order chi connectivity index (χ0) is 13.0. The van der Waals surface area contributed by atoms with Gasteiger partial charge in [0.25, 0.3) is 0 Å². The monoisotopic (exact) mass is 314 g/mol. The summed E-state index contributed by atoms with van der Waals surface area (Å²) in [5, 5.41) is 0. The molecule has 0 fully saturated rings. The molecule has 0 saturated carbocycles. The minimum Gasteiger partial charge on any atom is -0.389 e. The predicted molar refractivity (Wildman–Crippen MR) is 82.8 cm³/mol. The Morgan fingerprint density at radius 3 is 2.65 bits per heavy atom. The van der Waals surface area contributed by atoms with Gasteiger partial charge in [-0.05, 0) is 40.0 Å². The summed E-state index contributed by atoms with van der Waals surface area (Å²) in [5.41, 5.74) is 7.70. The van der Waals surface area contributed by atoms with E-state index in [2.05, 4.69) is 53.9 Å². The van der Waals surface area contributed by atoms with Gasteiger partial charge < -0.3 is 10.6 Å². The number of benzene rings is 1. The van der Waals surface area contributed by atoms with Crippen LogP contribution in [-0.4, -0.2) is 18.6 Å². The van der Waals surface area contributed by atoms with Crippen LogP contribution in [0.2, 0.25) is 0 Å². The van der Waals surface area contributed by atoms with Crippen molar-refractivity contribution in [2.45, 2.75) is 20.3 Å². The average Bonchev–Trinajstić information content (AvgIpc) is 2.28. The lowest BCUT2D eigenvalue weighted by Gasteiger charge is -2.23. The van der Waals surface area contributed by atoms with Crippen LogP contribution >= 0.6 is 28.1 Å². The van der Waals surface area contributed by atoms with E-state index in [4.69, 9.17) is 18.0 Å². The summed E-state index contributed by atoms with van der Waals surface area (Å²) in [6.07, 6.45) is 1.19. The van der Waals surface area contributed by atoms with Crippen LogP contribution in [0.25, 0.3) is 0 Å². The molecule has 1 aromatic rings. The van der Waals surface area contributed by atoms with Gasteiger partial charge in [0, 0.05) is 29.3 Å². The minimum absolute atomic E-state index is 0.424. The highest BCUT2D eigenvalue weighted by atomic mass is 79.9. The molecule has 0 amide bonds. The average molecular weight is 315 g/mol. The van der Waals surface area contributed by atoms with E-state index >= 15 is 0 Å². The lowest BCUT2D eigenvalue weighted by Crippen LogP contribution is -2.23. The predicted octanol–water partition coefficient (Wildman–Crippen LogP) is 3.57. The summed E-state index contributed by atoms with van der Waals surface area (Å²) in [4.78, 5) is 2.68. The Bertz CT molecular complexity index is 406. The van der Waals surface area contributed by atoms with Crippen LogP contribution in [0.15, 0.2) is 22.7 Å². The molecular formula is C13H19BrN2S. The van der Waals surface area contributed by atoms with Crippen molar-refractivity contribution in [3.8, 4) is 0 Å². The molecule has 2 nitrogen and oxygen atoms in total. The number of nitrogens with zero attached hydrogens (tertiary/aromatic N) is 1. The number of thiocarbonyl (C=S) groups is 1. The Morgan fingerprint density at radius 2 is 2.18 bits per heavy atom. The first-order chi connectivity index (χ1) is 7.95. The fourth-order valence-corrected chi connectivity index (χ4v) is 2.53. The first kappa shape index (κ1) is 14.5. The Kier molecular flexibility index (Phi) is 5.40. The second kappa shape index (κ2) is 6.36. The Morgan fingerprint density at radius 1 is 1.53 bits per heavy atom. The van der Waals surface area contributed by atoms with Crippen molar-refractivity contribution in [3.05, 3.63) is 28.2 Å². The summed E-state index contributed by atoms with van der Waals surface area (Å²) >= 11 is 8.49. The molecule has 0 aliphatic carbocycles. The molecule has 0 spiro atoms. The van der Waals surface area contributed by atoms with Crippen LogP contribution in [0.1, 0.15) is 25.8 Å². The highest BCUT2D eigenvalue weighted by Gasteiger charge is 2.09. The van der Waals surface area contributed by atoms with Gasteiger partial charge in [0.1, 0.15) is 4.99 Å². The molecule has 1 aromatic carbocycles. The molecule has 1 rings (SSSR count). The molecule has 0 aromatic heterocycles. The van der Waals surface area contributed by atoms with E-state index < -0.39 is 0 Å². The third kappa shape index (κ3) is 3.96. The van der Waals surface area contributed by atoms with E-state index in [1.807, 2.05) is 6.07 Å². The van der Waals surface area contributed by atoms with Gasteiger partial charge >= 0.3 is 0 Å². The van der Waals surface area contributed by atoms with Gasteiger partial charge in [-0.3, -0.25) is 0 Å². The highest BCUT2D eigenvalue weighted by molar-refractivity contribution is 9.10. The maximum atomic E-state index is 5.63. The second-order valence-electron chi connectivity index (χ2n) is 4.42. The van der Waals surface area contributed by atoms with Crippen molar-refractivity contribution in [3.63, 3.8) is 0 Å². The van der Waals surface area contributed by atoms with Gasteiger partial charge in [-0.15, -0.1) is 0 Å². The number of anilines is 1. The molecule has 4 heteroatoms. The van der Waals surface area contributed by atoms with Gasteiger partial charge in [0.15, 0.2) is 0 Å². The van der Waals surface area contributed by atoms with E-state index in [1.165, 1.54) is 12.1 Å². The number of hydrogen-bond donors (Lipinski definition) is 1. The lowest BCUT2D eigenvalue weighted by atomic mass is 10.1. The molecule has 2 N–H and O–H groups in total. The van der Waals surface area contributed by atoms with E-state index in [0.717, 1.165) is 16.6 Å². The van der Waals surface area contributed by atoms with Crippen molar-refractivity contribution in [1.82, 2.24) is 0 Å². The zero-order valence-corrected chi connectivity index (χ0v) is 12.9. The molecule has 0 aliphatic heterocycles. The molecule has 0 saturated heterocycles. The van der Waals surface area contributed by atoms with Crippen molar-refractivity contribution >= 4 is 38.8 Å². The van der Waals surface area contributed by atoms with Crippen LogP contribution < -0.4 is 10.6 Å². The van der Waals surface area contributed by atoms with Crippen LogP contribution in [-0.2, 0) is 0 Å². The molecule has 17 heavy (non-hydrogen) atoms.